The maximum absolute atomic E-state index is 12.8. The normalized spacial score (nSPS) is 14.1. The van der Waals surface area contributed by atoms with E-state index < -0.39 is 8.07 Å². The molecule has 4 heterocycles. The largest absolute Gasteiger partial charge is 0.501 e. The molecule has 9 aromatic rings. The molecular formula is C54H53FIrN4O2Si-2. The zero-order chi connectivity index (χ0) is 43.9. The van der Waals surface area contributed by atoms with Crippen LogP contribution in [0.2, 0.25) is 19.6 Å². The molecule has 0 unspecified atom stereocenters. The number of benzene rings is 5. The number of para-hydroxylation sites is 2. The number of pyridine rings is 1. The van der Waals surface area contributed by atoms with Crippen LogP contribution in [0.1, 0.15) is 89.6 Å². The van der Waals surface area contributed by atoms with Gasteiger partial charge in [-0.1, -0.05) is 141 Å². The van der Waals surface area contributed by atoms with Gasteiger partial charge in [0.25, 0.3) is 0 Å². The Balaban J connectivity index is 0.000000255. The number of oxazole rings is 1. The average Bonchev–Trinajstić information content (AvgIpc) is 3.99. The molecule has 1 radical (unpaired) electrons. The zero-order valence-electron chi connectivity index (χ0n) is 37.9. The van der Waals surface area contributed by atoms with Crippen LogP contribution >= 0.6 is 0 Å². The smallest absolute Gasteiger partial charge is 0.181 e. The third kappa shape index (κ3) is 7.32. The first-order chi connectivity index (χ1) is 29.5. The Morgan fingerprint density at radius 1 is 0.762 bits per heavy atom. The molecular weight excluding hydrogens is 976 g/mol. The van der Waals surface area contributed by atoms with Gasteiger partial charge in [0.2, 0.25) is 0 Å². The minimum absolute atomic E-state index is 0. The molecule has 5 aromatic carbocycles. The van der Waals surface area contributed by atoms with Crippen molar-refractivity contribution in [3.8, 4) is 39.7 Å². The molecule has 4 aromatic heterocycles. The monoisotopic (exact) mass is 1030 g/mol. The van der Waals surface area contributed by atoms with E-state index in [1.54, 1.807) is 12.5 Å². The number of hydrogen-bond acceptors (Lipinski definition) is 5. The summed E-state index contributed by atoms with van der Waals surface area (Å²) in [5, 5.41) is 3.47. The number of nitrogens with zero attached hydrogens (tertiary/aromatic N) is 4. The van der Waals surface area contributed by atoms with Crippen molar-refractivity contribution < 1.29 is 33.3 Å². The fraction of sp³-hybridized carbons (Fsp3) is 0.278. The summed E-state index contributed by atoms with van der Waals surface area (Å²) in [5.74, 6) is 1.93. The number of imidazole rings is 1. The summed E-state index contributed by atoms with van der Waals surface area (Å²) >= 11 is 0. The number of aromatic nitrogens is 4. The first-order valence-corrected chi connectivity index (χ1v) is 25.1. The van der Waals surface area contributed by atoms with Crippen molar-refractivity contribution in [2.45, 2.75) is 97.7 Å². The van der Waals surface area contributed by atoms with Gasteiger partial charge in [0.05, 0.1) is 36.2 Å². The van der Waals surface area contributed by atoms with Crippen LogP contribution in [0.4, 0.5) is 4.39 Å². The molecule has 0 aliphatic heterocycles. The second kappa shape index (κ2) is 16.3. The molecule has 1 aliphatic rings. The first-order valence-electron chi connectivity index (χ1n) is 21.6. The maximum atomic E-state index is 12.8. The van der Waals surface area contributed by atoms with Gasteiger partial charge in [-0.15, -0.1) is 48.0 Å². The molecule has 6 nitrogen and oxygen atoms in total. The van der Waals surface area contributed by atoms with E-state index in [1.807, 2.05) is 30.5 Å². The summed E-state index contributed by atoms with van der Waals surface area (Å²) < 4.78 is 28.1. The van der Waals surface area contributed by atoms with Crippen molar-refractivity contribution in [1.29, 1.82) is 0 Å². The summed E-state index contributed by atoms with van der Waals surface area (Å²) in [6, 6.07) is 38.5. The number of fused-ring (bicyclic) bond motifs is 8. The molecule has 0 saturated heterocycles. The molecule has 0 N–H and O–H groups in total. The predicted octanol–water partition coefficient (Wildman–Crippen LogP) is 14.1. The van der Waals surface area contributed by atoms with E-state index in [0.717, 1.165) is 72.6 Å². The van der Waals surface area contributed by atoms with E-state index in [1.165, 1.54) is 39.7 Å². The van der Waals surface area contributed by atoms with E-state index in [0.29, 0.717) is 0 Å². The summed E-state index contributed by atoms with van der Waals surface area (Å²) in [4.78, 5) is 14.7. The van der Waals surface area contributed by atoms with Crippen LogP contribution in [-0.4, -0.2) is 27.6 Å². The molecule has 0 amide bonds. The summed E-state index contributed by atoms with van der Waals surface area (Å²) in [6.45, 7) is 25.1. The van der Waals surface area contributed by atoms with Crippen molar-refractivity contribution >= 4 is 46.2 Å². The van der Waals surface area contributed by atoms with E-state index in [9.17, 15) is 4.39 Å². The average molecular weight is 1030 g/mol. The second-order valence-corrected chi connectivity index (χ2v) is 24.4. The van der Waals surface area contributed by atoms with E-state index in [-0.39, 0.29) is 48.6 Å². The van der Waals surface area contributed by atoms with Crippen LogP contribution in [0, 0.1) is 17.9 Å². The van der Waals surface area contributed by atoms with Crippen molar-refractivity contribution in [2.75, 3.05) is 0 Å². The minimum Gasteiger partial charge on any atom is -0.501 e. The summed E-state index contributed by atoms with van der Waals surface area (Å²) in [5.41, 5.74) is 12.6. The van der Waals surface area contributed by atoms with Crippen molar-refractivity contribution in [1.82, 2.24) is 19.5 Å². The summed E-state index contributed by atoms with van der Waals surface area (Å²) in [6.07, 6.45) is 3.53. The quantitative estimate of drug-likeness (QED) is 0.123. The van der Waals surface area contributed by atoms with Crippen molar-refractivity contribution in [3.05, 3.63) is 150 Å². The third-order valence-corrected chi connectivity index (χ3v) is 15.3. The SMILES string of the molecule is CC(C)c1cccc(C(C)C)c1-n1c(-c2[c-]ccc3c2oc2ccccc23)nc2ccc3c(c21)-c1ocnc1C(C)(C)C3(C)C.C[Si](C)(C)c1ccc(-c2[c-]cc(F)cc2)nc1.[Ir]. The van der Waals surface area contributed by atoms with Crippen LogP contribution in [0.5, 0.6) is 0 Å². The van der Waals surface area contributed by atoms with Crippen LogP contribution < -0.4 is 5.19 Å². The van der Waals surface area contributed by atoms with E-state index >= 15 is 0 Å². The Hall–Kier alpha value is -5.47. The van der Waals surface area contributed by atoms with Gasteiger partial charge in [0.15, 0.2) is 12.2 Å². The van der Waals surface area contributed by atoms with Crippen LogP contribution in [0.3, 0.4) is 0 Å². The Kier molecular flexibility index (Phi) is 11.4. The molecule has 10 rings (SSSR count). The van der Waals surface area contributed by atoms with Gasteiger partial charge in [0.1, 0.15) is 5.58 Å². The zero-order valence-corrected chi connectivity index (χ0v) is 41.3. The topological polar surface area (TPSA) is 69.9 Å². The molecule has 9 heteroatoms. The number of hydrogen-bond donors (Lipinski definition) is 0. The van der Waals surface area contributed by atoms with Gasteiger partial charge in [-0.05, 0) is 51.5 Å². The third-order valence-electron chi connectivity index (χ3n) is 13.2. The molecule has 0 spiro atoms. The van der Waals surface area contributed by atoms with Gasteiger partial charge < -0.3 is 18.4 Å². The van der Waals surface area contributed by atoms with Crippen LogP contribution in [0.25, 0.3) is 72.6 Å². The molecule has 0 bridgehead atoms. The molecule has 0 saturated carbocycles. The Bertz CT molecular complexity index is 3110. The number of furan rings is 1. The molecule has 63 heavy (non-hydrogen) atoms. The fourth-order valence-corrected chi connectivity index (χ4v) is 10.0. The van der Waals surface area contributed by atoms with Gasteiger partial charge >= 0.3 is 0 Å². The first kappa shape index (κ1) is 44.1. The van der Waals surface area contributed by atoms with Gasteiger partial charge in [-0.25, -0.2) is 4.98 Å². The molecule has 0 fully saturated rings. The van der Waals surface area contributed by atoms with E-state index in [2.05, 4.69) is 151 Å². The molecule has 0 atom stereocenters. The van der Waals surface area contributed by atoms with Gasteiger partial charge in [-0.3, -0.25) is 9.37 Å². The standard InChI is InChI=1S/C40H38N3O2.C14H15FNSi.Ir/c1-22(2)24-14-11-15-25(23(3)4)33(24)43-34-30(20-19-29-32(34)36-37(41-21-44-36)40(7,8)39(29,5)6)42-38(43)28-17-12-16-27-26-13-9-10-18-31(26)45-35(27)28;1-17(2,3)13-8-9-14(16-10-13)11-4-6-12(15)7-5-11;/h9-16,18-23H,1-8H3;4,6-10H,1-3H3;/q2*-1;. The van der Waals surface area contributed by atoms with E-state index in [4.69, 9.17) is 18.8 Å². The van der Waals surface area contributed by atoms with Crippen molar-refractivity contribution in [2.24, 2.45) is 0 Å². The van der Waals surface area contributed by atoms with Crippen molar-refractivity contribution in [3.63, 3.8) is 0 Å². The number of rotatable bonds is 6. The van der Waals surface area contributed by atoms with Gasteiger partial charge in [0, 0.05) is 59.6 Å². The number of halogens is 1. The second-order valence-electron chi connectivity index (χ2n) is 19.3. The minimum atomic E-state index is -1.30. The molecule has 323 valence electrons. The predicted molar refractivity (Wildman–Crippen MR) is 254 cm³/mol. The van der Waals surface area contributed by atoms with Crippen LogP contribution in [0.15, 0.2) is 118 Å². The Morgan fingerprint density at radius 2 is 1.49 bits per heavy atom. The van der Waals surface area contributed by atoms with Crippen LogP contribution in [-0.2, 0) is 30.9 Å². The Morgan fingerprint density at radius 3 is 2.14 bits per heavy atom. The maximum Gasteiger partial charge on any atom is 0.181 e. The Labute approximate surface area is 384 Å². The fourth-order valence-electron chi connectivity index (χ4n) is 8.99. The van der Waals surface area contributed by atoms with Gasteiger partial charge in [-0.2, -0.15) is 0 Å². The summed E-state index contributed by atoms with van der Waals surface area (Å²) in [7, 11) is -1.30. The molecule has 1 aliphatic carbocycles.